The van der Waals surface area contributed by atoms with Crippen LogP contribution in [-0.2, 0) is 0 Å². The van der Waals surface area contributed by atoms with Crippen LogP contribution < -0.4 is 0 Å². The minimum absolute atomic E-state index is 0.508. The molecule has 4 rings (SSSR count). The van der Waals surface area contributed by atoms with Crippen LogP contribution in [0.3, 0.4) is 0 Å². The second-order valence-corrected chi connectivity index (χ2v) is 5.47. The van der Waals surface area contributed by atoms with E-state index in [0.29, 0.717) is 11.8 Å². The fraction of sp³-hybridized carbons (Fsp3) is 0.158. The highest BCUT2D eigenvalue weighted by molar-refractivity contribution is 5.95. The molecule has 2 aliphatic rings. The van der Waals surface area contributed by atoms with Crippen molar-refractivity contribution in [1.29, 1.82) is 0 Å². The number of benzene rings is 2. The lowest BCUT2D eigenvalue weighted by Crippen LogP contribution is -2.14. The molecule has 0 N–H and O–H groups in total. The van der Waals surface area contributed by atoms with Crippen LogP contribution in [-0.4, -0.2) is 0 Å². The summed E-state index contributed by atoms with van der Waals surface area (Å²) in [4.78, 5) is 0. The molecule has 2 aromatic rings. The van der Waals surface area contributed by atoms with Crippen molar-refractivity contribution in [3.8, 4) is 0 Å². The zero-order valence-corrected chi connectivity index (χ0v) is 11.0. The Hall–Kier alpha value is -2.08. The van der Waals surface area contributed by atoms with E-state index in [1.807, 2.05) is 0 Å². The van der Waals surface area contributed by atoms with Crippen LogP contribution in [0, 0.1) is 12.8 Å². The first-order valence-corrected chi connectivity index (χ1v) is 6.90. The highest BCUT2D eigenvalue weighted by Crippen LogP contribution is 2.41. The maximum atomic E-state index is 2.38. The van der Waals surface area contributed by atoms with E-state index in [1.54, 1.807) is 0 Å². The number of allylic oxidation sites excluding steroid dienone is 5. The molecule has 2 aromatic carbocycles. The normalized spacial score (nSPS) is 23.4. The Kier molecular flexibility index (Phi) is 2.25. The van der Waals surface area contributed by atoms with E-state index in [1.165, 1.54) is 27.5 Å². The number of hydrogen-bond donors (Lipinski definition) is 0. The Balaban J connectivity index is 2.06. The van der Waals surface area contributed by atoms with E-state index in [0.717, 1.165) is 0 Å². The first-order valence-electron chi connectivity index (χ1n) is 6.90. The Morgan fingerprint density at radius 2 is 1.68 bits per heavy atom. The van der Waals surface area contributed by atoms with Crippen LogP contribution in [0.25, 0.3) is 16.8 Å². The van der Waals surface area contributed by atoms with E-state index in [2.05, 4.69) is 73.7 Å². The van der Waals surface area contributed by atoms with Crippen molar-refractivity contribution in [2.75, 3.05) is 0 Å². The van der Waals surface area contributed by atoms with Gasteiger partial charge in [-0.05, 0) is 34.4 Å². The molecule has 0 aromatic heterocycles. The fourth-order valence-electron chi connectivity index (χ4n) is 3.39. The maximum absolute atomic E-state index is 2.38. The molecule has 0 radical (unpaired) electrons. The van der Waals surface area contributed by atoms with Gasteiger partial charge < -0.3 is 0 Å². The van der Waals surface area contributed by atoms with Gasteiger partial charge in [-0.1, -0.05) is 66.8 Å². The minimum Gasteiger partial charge on any atom is -0.0767 e. The van der Waals surface area contributed by atoms with Crippen LogP contribution in [0.2, 0.25) is 0 Å². The molecule has 2 unspecified atom stereocenters. The lowest BCUT2D eigenvalue weighted by atomic mass is 9.75. The zero-order chi connectivity index (χ0) is 12.8. The summed E-state index contributed by atoms with van der Waals surface area (Å²) in [5, 5.41) is 2.76. The number of fused-ring (bicyclic) bond motifs is 5. The molecule has 0 aliphatic heterocycles. The predicted molar refractivity (Wildman–Crippen MR) is 82.2 cm³/mol. The molecular weight excluding hydrogens is 228 g/mol. The molecule has 92 valence electrons. The van der Waals surface area contributed by atoms with Crippen molar-refractivity contribution in [1.82, 2.24) is 0 Å². The van der Waals surface area contributed by atoms with Gasteiger partial charge in [-0.3, -0.25) is 0 Å². The van der Waals surface area contributed by atoms with Gasteiger partial charge in [-0.15, -0.1) is 0 Å². The quantitative estimate of drug-likeness (QED) is 0.611. The van der Waals surface area contributed by atoms with Crippen LogP contribution in [0.4, 0.5) is 0 Å². The van der Waals surface area contributed by atoms with Gasteiger partial charge in [0.25, 0.3) is 0 Å². The van der Waals surface area contributed by atoms with Crippen molar-refractivity contribution < 1.29 is 0 Å². The lowest BCUT2D eigenvalue weighted by molar-refractivity contribution is 0.693. The van der Waals surface area contributed by atoms with Crippen LogP contribution >= 0.6 is 0 Å². The van der Waals surface area contributed by atoms with Gasteiger partial charge in [0.05, 0.1) is 0 Å². The molecule has 0 spiro atoms. The summed E-state index contributed by atoms with van der Waals surface area (Å²) in [5.74, 6) is 1.03. The largest absolute Gasteiger partial charge is 0.0767 e. The van der Waals surface area contributed by atoms with Gasteiger partial charge in [0.15, 0.2) is 0 Å². The molecule has 0 nitrogen and oxygen atoms in total. The standard InChI is InChI=1S/C19H16/c1-13-12-19-16-8-3-2-6-14(16)10-11-18(19)17-9-5-4-7-15(13)17/h2-12,14,16H,1H3. The van der Waals surface area contributed by atoms with Crippen molar-refractivity contribution in [3.63, 3.8) is 0 Å². The molecule has 0 fully saturated rings. The lowest BCUT2D eigenvalue weighted by Gasteiger charge is -2.28. The summed E-state index contributed by atoms with van der Waals surface area (Å²) in [6.07, 6.45) is 13.6. The molecule has 0 bridgehead atoms. The third kappa shape index (κ3) is 1.53. The second kappa shape index (κ2) is 3.96. The molecule has 0 heterocycles. The van der Waals surface area contributed by atoms with E-state index in [-0.39, 0.29) is 0 Å². The summed E-state index contributed by atoms with van der Waals surface area (Å²) < 4.78 is 0. The summed E-state index contributed by atoms with van der Waals surface area (Å²) in [6.45, 7) is 2.22. The molecule has 0 saturated carbocycles. The molecule has 0 heteroatoms. The van der Waals surface area contributed by atoms with Gasteiger partial charge in [0.2, 0.25) is 0 Å². The monoisotopic (exact) mass is 244 g/mol. The molecule has 19 heavy (non-hydrogen) atoms. The molecule has 2 aliphatic carbocycles. The zero-order valence-electron chi connectivity index (χ0n) is 11.0. The van der Waals surface area contributed by atoms with Crippen molar-refractivity contribution in [2.45, 2.75) is 12.8 Å². The van der Waals surface area contributed by atoms with E-state index >= 15 is 0 Å². The third-order valence-corrected chi connectivity index (χ3v) is 4.35. The van der Waals surface area contributed by atoms with Gasteiger partial charge in [0, 0.05) is 11.8 Å². The topological polar surface area (TPSA) is 0 Å². The Labute approximate surface area is 113 Å². The van der Waals surface area contributed by atoms with Gasteiger partial charge in [-0.2, -0.15) is 0 Å². The van der Waals surface area contributed by atoms with E-state index < -0.39 is 0 Å². The highest BCUT2D eigenvalue weighted by Gasteiger charge is 2.25. The second-order valence-electron chi connectivity index (χ2n) is 5.47. The summed E-state index contributed by atoms with van der Waals surface area (Å²) in [5.41, 5.74) is 4.26. The first kappa shape index (κ1) is 10.8. The molecule has 2 atom stereocenters. The van der Waals surface area contributed by atoms with Crippen molar-refractivity contribution in [3.05, 3.63) is 77.4 Å². The van der Waals surface area contributed by atoms with Gasteiger partial charge >= 0.3 is 0 Å². The van der Waals surface area contributed by atoms with Crippen molar-refractivity contribution in [2.24, 2.45) is 5.92 Å². The highest BCUT2D eigenvalue weighted by atomic mass is 14.3. The Bertz CT molecular complexity index is 744. The Morgan fingerprint density at radius 3 is 2.58 bits per heavy atom. The molecular formula is C19H16. The average Bonchev–Trinajstić information content (AvgIpc) is 2.47. The maximum Gasteiger partial charge on any atom is 0.0125 e. The molecule has 0 amide bonds. The van der Waals surface area contributed by atoms with Gasteiger partial charge in [-0.25, -0.2) is 0 Å². The van der Waals surface area contributed by atoms with E-state index in [4.69, 9.17) is 0 Å². The Morgan fingerprint density at radius 1 is 0.895 bits per heavy atom. The summed E-state index contributed by atoms with van der Waals surface area (Å²) >= 11 is 0. The minimum atomic E-state index is 0.508. The number of rotatable bonds is 0. The summed E-state index contributed by atoms with van der Waals surface area (Å²) in [7, 11) is 0. The van der Waals surface area contributed by atoms with Gasteiger partial charge in [0.1, 0.15) is 0 Å². The summed E-state index contributed by atoms with van der Waals surface area (Å²) in [6, 6.07) is 11.1. The fourth-order valence-corrected chi connectivity index (χ4v) is 3.39. The predicted octanol–water partition coefficient (Wildman–Crippen LogP) is 5.00. The SMILES string of the molecule is Cc1cc2c(c3ccccc13)C=CC1C=CC=CC21. The average molecular weight is 244 g/mol. The first-order chi connectivity index (χ1) is 9.34. The third-order valence-electron chi connectivity index (χ3n) is 4.35. The van der Waals surface area contributed by atoms with Crippen LogP contribution in [0.15, 0.2) is 60.7 Å². The van der Waals surface area contributed by atoms with E-state index in [9.17, 15) is 0 Å². The van der Waals surface area contributed by atoms with Crippen LogP contribution in [0.5, 0.6) is 0 Å². The smallest absolute Gasteiger partial charge is 0.0125 e. The van der Waals surface area contributed by atoms with Crippen molar-refractivity contribution >= 4 is 16.8 Å². The van der Waals surface area contributed by atoms with Crippen LogP contribution in [0.1, 0.15) is 22.6 Å². The number of hydrogen-bond acceptors (Lipinski definition) is 0. The number of aryl methyl sites for hydroxylation is 1. The molecule has 0 saturated heterocycles.